The quantitative estimate of drug-likeness (QED) is 0.758. The van der Waals surface area contributed by atoms with Gasteiger partial charge in [-0.15, -0.1) is 0 Å². The van der Waals surface area contributed by atoms with Crippen molar-refractivity contribution in [3.05, 3.63) is 59.1 Å². The first-order chi connectivity index (χ1) is 10.6. The molecule has 2 rings (SSSR count). The van der Waals surface area contributed by atoms with Crippen LogP contribution in [0.3, 0.4) is 0 Å². The maximum Gasteiger partial charge on any atom is 0.347 e. The summed E-state index contributed by atoms with van der Waals surface area (Å²) < 4.78 is 16.0. The number of halogens is 1. The molecule has 0 fully saturated rings. The average molecular weight is 321 g/mol. The maximum atomic E-state index is 12.0. The average Bonchev–Trinajstić information content (AvgIpc) is 2.52. The van der Waals surface area contributed by atoms with E-state index in [0.717, 1.165) is 5.56 Å². The summed E-state index contributed by atoms with van der Waals surface area (Å²) in [5.41, 5.74) is 0.799. The number of hydrogen-bond acceptors (Lipinski definition) is 4. The van der Waals surface area contributed by atoms with Crippen molar-refractivity contribution in [3.63, 3.8) is 0 Å². The molecule has 5 heteroatoms. The molecule has 4 nitrogen and oxygen atoms in total. The van der Waals surface area contributed by atoms with Crippen LogP contribution < -0.4 is 9.47 Å². The predicted octanol–water partition coefficient (Wildman–Crippen LogP) is 3.86. The van der Waals surface area contributed by atoms with Crippen molar-refractivity contribution in [3.8, 4) is 11.5 Å². The van der Waals surface area contributed by atoms with Gasteiger partial charge in [-0.25, -0.2) is 4.79 Å². The predicted molar refractivity (Wildman–Crippen MR) is 84.3 cm³/mol. The number of hydrogen-bond donors (Lipinski definition) is 0. The molecule has 0 saturated carbocycles. The van der Waals surface area contributed by atoms with Gasteiger partial charge in [0.2, 0.25) is 0 Å². The zero-order valence-corrected chi connectivity index (χ0v) is 13.2. The Morgan fingerprint density at radius 2 is 1.95 bits per heavy atom. The van der Waals surface area contributed by atoms with E-state index in [1.807, 2.05) is 24.3 Å². The van der Waals surface area contributed by atoms with E-state index in [4.69, 9.17) is 25.8 Å². The molecule has 116 valence electrons. The van der Waals surface area contributed by atoms with Gasteiger partial charge in [0.1, 0.15) is 18.1 Å². The molecule has 0 aromatic heterocycles. The van der Waals surface area contributed by atoms with Crippen LogP contribution in [-0.2, 0) is 16.1 Å². The lowest BCUT2D eigenvalue weighted by Crippen LogP contribution is -2.26. The summed E-state index contributed by atoms with van der Waals surface area (Å²) in [6.45, 7) is 1.76. The molecule has 1 atom stereocenters. The fraction of sp³-hybridized carbons (Fsp3) is 0.235. The molecule has 0 spiro atoms. The van der Waals surface area contributed by atoms with Crippen molar-refractivity contribution >= 4 is 17.6 Å². The molecule has 0 heterocycles. The van der Waals surface area contributed by atoms with E-state index in [9.17, 15) is 4.79 Å². The van der Waals surface area contributed by atoms with Crippen molar-refractivity contribution < 1.29 is 19.0 Å². The molecule has 2 aromatic rings. The molecular weight excluding hydrogens is 304 g/mol. The second-order valence-electron chi connectivity index (χ2n) is 4.64. The molecule has 0 saturated heterocycles. The van der Waals surface area contributed by atoms with Gasteiger partial charge in [0.25, 0.3) is 0 Å². The van der Waals surface area contributed by atoms with Gasteiger partial charge in [0.15, 0.2) is 6.10 Å². The number of methoxy groups -OCH3 is 1. The summed E-state index contributed by atoms with van der Waals surface area (Å²) in [6.07, 6.45) is -0.729. The highest BCUT2D eigenvalue weighted by Crippen LogP contribution is 2.20. The number of carbonyl (C=O) groups is 1. The molecular formula is C17H17ClO4. The summed E-state index contributed by atoms with van der Waals surface area (Å²) in [5, 5.41) is 0.548. The number of para-hydroxylation sites is 1. The molecule has 0 amide bonds. The van der Waals surface area contributed by atoms with Crippen LogP contribution in [0.2, 0.25) is 5.02 Å². The Morgan fingerprint density at radius 1 is 1.18 bits per heavy atom. The summed E-state index contributed by atoms with van der Waals surface area (Å²) in [4.78, 5) is 12.0. The topological polar surface area (TPSA) is 44.8 Å². The molecule has 22 heavy (non-hydrogen) atoms. The van der Waals surface area contributed by atoms with Crippen molar-refractivity contribution in [2.75, 3.05) is 7.11 Å². The number of ether oxygens (including phenoxy) is 3. The van der Waals surface area contributed by atoms with Crippen molar-refractivity contribution in [1.82, 2.24) is 0 Å². The zero-order chi connectivity index (χ0) is 15.9. The number of benzene rings is 2. The van der Waals surface area contributed by atoms with Gasteiger partial charge in [0.05, 0.1) is 7.11 Å². The third-order valence-electron chi connectivity index (χ3n) is 3.00. The van der Waals surface area contributed by atoms with Crippen LogP contribution >= 0.6 is 11.6 Å². The molecule has 0 aliphatic carbocycles. The minimum atomic E-state index is -0.729. The normalized spacial score (nSPS) is 11.6. The second kappa shape index (κ2) is 7.71. The van der Waals surface area contributed by atoms with E-state index in [1.165, 1.54) is 0 Å². The molecule has 0 aliphatic rings. The van der Waals surface area contributed by atoms with Crippen LogP contribution in [0.15, 0.2) is 48.5 Å². The van der Waals surface area contributed by atoms with Crippen LogP contribution in [0.25, 0.3) is 0 Å². The van der Waals surface area contributed by atoms with Crippen molar-refractivity contribution in [2.24, 2.45) is 0 Å². The van der Waals surface area contributed by atoms with E-state index >= 15 is 0 Å². The Morgan fingerprint density at radius 3 is 2.68 bits per heavy atom. The van der Waals surface area contributed by atoms with Gasteiger partial charge >= 0.3 is 5.97 Å². The largest absolute Gasteiger partial charge is 0.496 e. The monoisotopic (exact) mass is 320 g/mol. The molecule has 0 aliphatic heterocycles. The lowest BCUT2D eigenvalue weighted by atomic mass is 10.2. The zero-order valence-electron chi connectivity index (χ0n) is 12.4. The summed E-state index contributed by atoms with van der Waals surface area (Å²) >= 11 is 5.87. The van der Waals surface area contributed by atoms with E-state index in [0.29, 0.717) is 16.5 Å². The Balaban J connectivity index is 1.91. The molecule has 0 bridgehead atoms. The lowest BCUT2D eigenvalue weighted by molar-refractivity contribution is -0.152. The van der Waals surface area contributed by atoms with E-state index in [1.54, 1.807) is 38.3 Å². The van der Waals surface area contributed by atoms with Crippen molar-refractivity contribution in [1.29, 1.82) is 0 Å². The lowest BCUT2D eigenvalue weighted by Gasteiger charge is -2.15. The highest BCUT2D eigenvalue weighted by molar-refractivity contribution is 6.30. The number of carbonyl (C=O) groups excluding carboxylic acids is 1. The SMILES string of the molecule is COc1ccccc1COC(=O)C(C)Oc1cccc(Cl)c1. The first-order valence-electron chi connectivity index (χ1n) is 6.81. The number of esters is 1. The molecule has 0 N–H and O–H groups in total. The molecule has 0 radical (unpaired) electrons. The maximum absolute atomic E-state index is 12.0. The fourth-order valence-corrected chi connectivity index (χ4v) is 2.06. The summed E-state index contributed by atoms with van der Waals surface area (Å²) in [5.74, 6) is 0.749. The van der Waals surface area contributed by atoms with Crippen LogP contribution in [0.4, 0.5) is 0 Å². The molecule has 2 aromatic carbocycles. The highest BCUT2D eigenvalue weighted by atomic mass is 35.5. The summed E-state index contributed by atoms with van der Waals surface area (Å²) in [6, 6.07) is 14.2. The Hall–Kier alpha value is -2.20. The smallest absolute Gasteiger partial charge is 0.347 e. The third kappa shape index (κ3) is 4.40. The van der Waals surface area contributed by atoms with E-state index in [-0.39, 0.29) is 6.61 Å². The van der Waals surface area contributed by atoms with Gasteiger partial charge in [0, 0.05) is 10.6 Å². The third-order valence-corrected chi connectivity index (χ3v) is 3.24. The standard InChI is InChI=1S/C17H17ClO4/c1-12(22-15-8-5-7-14(18)10-15)17(19)21-11-13-6-3-4-9-16(13)20-2/h3-10,12H,11H2,1-2H3. The van der Waals surface area contributed by atoms with Gasteiger partial charge in [-0.2, -0.15) is 0 Å². The first-order valence-corrected chi connectivity index (χ1v) is 7.18. The fourth-order valence-electron chi connectivity index (χ4n) is 1.88. The van der Waals surface area contributed by atoms with Gasteiger partial charge in [-0.1, -0.05) is 35.9 Å². The highest BCUT2D eigenvalue weighted by Gasteiger charge is 2.17. The first kappa shape index (κ1) is 16.2. The van der Waals surface area contributed by atoms with E-state index < -0.39 is 12.1 Å². The minimum absolute atomic E-state index is 0.131. The van der Waals surface area contributed by atoms with Gasteiger partial charge < -0.3 is 14.2 Å². The van der Waals surface area contributed by atoms with Crippen molar-refractivity contribution in [2.45, 2.75) is 19.6 Å². The Kier molecular flexibility index (Phi) is 5.67. The Bertz CT molecular complexity index is 642. The minimum Gasteiger partial charge on any atom is -0.496 e. The van der Waals surface area contributed by atoms with E-state index in [2.05, 4.69) is 0 Å². The second-order valence-corrected chi connectivity index (χ2v) is 5.07. The molecule has 1 unspecified atom stereocenters. The Labute approximate surface area is 134 Å². The van der Waals surface area contributed by atoms with Crippen LogP contribution in [0, 0.1) is 0 Å². The number of rotatable bonds is 6. The van der Waals surface area contributed by atoms with Gasteiger partial charge in [-0.3, -0.25) is 0 Å². The summed E-state index contributed by atoms with van der Waals surface area (Å²) in [7, 11) is 1.57. The van der Waals surface area contributed by atoms with Gasteiger partial charge in [-0.05, 0) is 31.2 Å². The van der Waals surface area contributed by atoms with Crippen LogP contribution in [-0.4, -0.2) is 19.2 Å². The van der Waals surface area contributed by atoms with Crippen LogP contribution in [0.1, 0.15) is 12.5 Å². The van der Waals surface area contributed by atoms with Crippen LogP contribution in [0.5, 0.6) is 11.5 Å².